The number of aromatic nitrogens is 1. The topological polar surface area (TPSA) is 27.8 Å². The second-order valence-corrected chi connectivity index (χ2v) is 5.99. The molecular formula is C15H12ClIN2. The van der Waals surface area contributed by atoms with Crippen molar-refractivity contribution in [2.24, 2.45) is 0 Å². The summed E-state index contributed by atoms with van der Waals surface area (Å²) in [5.41, 5.74) is 3.37. The van der Waals surface area contributed by atoms with E-state index >= 15 is 0 Å². The molecule has 2 nitrogen and oxygen atoms in total. The molecular weight excluding hydrogens is 371 g/mol. The molecule has 3 aromatic rings. The van der Waals surface area contributed by atoms with Gasteiger partial charge in [0.05, 0.1) is 10.7 Å². The Hall–Kier alpha value is -1.20. The average molecular weight is 383 g/mol. The van der Waals surface area contributed by atoms with E-state index in [0.717, 1.165) is 26.3 Å². The third-order valence-corrected chi connectivity index (χ3v) is 4.06. The summed E-state index contributed by atoms with van der Waals surface area (Å²) in [5.74, 6) is 0. The summed E-state index contributed by atoms with van der Waals surface area (Å²) in [4.78, 5) is 3.27. The Bertz CT molecular complexity index is 721. The number of hydrogen-bond acceptors (Lipinski definition) is 1. The normalized spacial score (nSPS) is 10.8. The van der Waals surface area contributed by atoms with Gasteiger partial charge in [-0.3, -0.25) is 0 Å². The number of para-hydroxylation sites is 1. The minimum Gasteiger partial charge on any atom is -0.380 e. The Morgan fingerprint density at radius 3 is 2.84 bits per heavy atom. The van der Waals surface area contributed by atoms with E-state index in [2.05, 4.69) is 51.1 Å². The highest BCUT2D eigenvalue weighted by atomic mass is 127. The zero-order chi connectivity index (χ0) is 13.2. The van der Waals surface area contributed by atoms with Gasteiger partial charge in [0.2, 0.25) is 0 Å². The van der Waals surface area contributed by atoms with Crippen LogP contribution in [0.4, 0.5) is 5.69 Å². The predicted molar refractivity (Wildman–Crippen MR) is 89.8 cm³/mol. The van der Waals surface area contributed by atoms with Gasteiger partial charge in [0, 0.05) is 27.2 Å². The van der Waals surface area contributed by atoms with Crippen molar-refractivity contribution in [3.63, 3.8) is 0 Å². The van der Waals surface area contributed by atoms with E-state index in [1.165, 1.54) is 10.9 Å². The molecule has 0 aliphatic rings. The lowest BCUT2D eigenvalue weighted by Gasteiger charge is -2.08. The molecule has 0 fully saturated rings. The third kappa shape index (κ3) is 2.72. The SMILES string of the molecule is Clc1cc(I)ccc1NCc1c[nH]c2ccccc12. The Labute approximate surface area is 130 Å². The number of fused-ring (bicyclic) bond motifs is 1. The van der Waals surface area contributed by atoms with E-state index in [1.807, 2.05) is 30.5 Å². The van der Waals surface area contributed by atoms with Gasteiger partial charge >= 0.3 is 0 Å². The second kappa shape index (κ2) is 5.43. The fraction of sp³-hybridized carbons (Fsp3) is 0.0667. The molecule has 0 saturated carbocycles. The van der Waals surface area contributed by atoms with E-state index in [0.29, 0.717) is 0 Å². The third-order valence-electron chi connectivity index (χ3n) is 3.08. The highest BCUT2D eigenvalue weighted by molar-refractivity contribution is 14.1. The van der Waals surface area contributed by atoms with E-state index in [4.69, 9.17) is 11.6 Å². The van der Waals surface area contributed by atoms with Gasteiger partial charge in [0.1, 0.15) is 0 Å². The maximum Gasteiger partial charge on any atom is 0.0648 e. The van der Waals surface area contributed by atoms with Gasteiger partial charge in [-0.1, -0.05) is 29.8 Å². The van der Waals surface area contributed by atoms with Crippen LogP contribution in [0.1, 0.15) is 5.56 Å². The molecule has 19 heavy (non-hydrogen) atoms. The lowest BCUT2D eigenvalue weighted by atomic mass is 10.2. The maximum absolute atomic E-state index is 6.21. The fourth-order valence-corrected chi connectivity index (χ4v) is 3.02. The molecule has 2 aromatic carbocycles. The number of benzene rings is 2. The molecule has 0 aliphatic heterocycles. The largest absolute Gasteiger partial charge is 0.380 e. The molecule has 0 unspecified atom stereocenters. The molecule has 0 bridgehead atoms. The van der Waals surface area contributed by atoms with Crippen LogP contribution in [-0.4, -0.2) is 4.98 Å². The van der Waals surface area contributed by atoms with Crippen molar-refractivity contribution in [3.05, 3.63) is 62.8 Å². The number of anilines is 1. The van der Waals surface area contributed by atoms with Crippen LogP contribution in [-0.2, 0) is 6.54 Å². The summed E-state index contributed by atoms with van der Waals surface area (Å²) in [7, 11) is 0. The van der Waals surface area contributed by atoms with Crippen LogP contribution < -0.4 is 5.32 Å². The number of nitrogens with one attached hydrogen (secondary N) is 2. The lowest BCUT2D eigenvalue weighted by Crippen LogP contribution is -1.99. The summed E-state index contributed by atoms with van der Waals surface area (Å²) < 4.78 is 1.14. The first-order valence-corrected chi connectivity index (χ1v) is 7.43. The average Bonchev–Trinajstić information content (AvgIpc) is 2.81. The Balaban J connectivity index is 1.82. The van der Waals surface area contributed by atoms with Gasteiger partial charge in [-0.15, -0.1) is 0 Å². The van der Waals surface area contributed by atoms with E-state index in [9.17, 15) is 0 Å². The highest BCUT2D eigenvalue weighted by Crippen LogP contribution is 2.25. The molecule has 96 valence electrons. The van der Waals surface area contributed by atoms with Crippen molar-refractivity contribution in [3.8, 4) is 0 Å². The summed E-state index contributed by atoms with van der Waals surface area (Å²) in [6, 6.07) is 14.3. The van der Waals surface area contributed by atoms with Crippen LogP contribution in [0.5, 0.6) is 0 Å². The number of halogens is 2. The summed E-state index contributed by atoms with van der Waals surface area (Å²) >= 11 is 8.47. The molecule has 0 amide bonds. The minimum absolute atomic E-state index is 0.754. The lowest BCUT2D eigenvalue weighted by molar-refractivity contribution is 1.16. The summed E-state index contributed by atoms with van der Waals surface area (Å²) in [6.07, 6.45) is 2.04. The number of aromatic amines is 1. The molecule has 2 N–H and O–H groups in total. The zero-order valence-corrected chi connectivity index (χ0v) is 13.0. The molecule has 0 saturated heterocycles. The molecule has 0 radical (unpaired) electrons. The van der Waals surface area contributed by atoms with Crippen molar-refractivity contribution < 1.29 is 0 Å². The summed E-state index contributed by atoms with van der Waals surface area (Å²) in [6.45, 7) is 0.754. The van der Waals surface area contributed by atoms with Gasteiger partial charge < -0.3 is 10.3 Å². The Kier molecular flexibility index (Phi) is 3.66. The predicted octanol–water partition coefficient (Wildman–Crippen LogP) is 5.04. The molecule has 0 aliphatic carbocycles. The number of H-pyrrole nitrogens is 1. The van der Waals surface area contributed by atoms with E-state index in [-0.39, 0.29) is 0 Å². The van der Waals surface area contributed by atoms with Crippen LogP contribution in [0.25, 0.3) is 10.9 Å². The second-order valence-electron chi connectivity index (χ2n) is 4.34. The standard InChI is InChI=1S/C15H12ClIN2/c16-13-7-11(17)5-6-15(13)19-9-10-8-18-14-4-2-1-3-12(10)14/h1-8,18-19H,9H2. The van der Waals surface area contributed by atoms with Crippen molar-refractivity contribution >= 4 is 50.8 Å². The first kappa shape index (κ1) is 12.8. The van der Waals surface area contributed by atoms with Crippen LogP contribution in [0.15, 0.2) is 48.7 Å². The van der Waals surface area contributed by atoms with Crippen molar-refractivity contribution in [2.45, 2.75) is 6.54 Å². The molecule has 0 atom stereocenters. The van der Waals surface area contributed by atoms with Gasteiger partial charge in [0.25, 0.3) is 0 Å². The van der Waals surface area contributed by atoms with Crippen molar-refractivity contribution in [1.29, 1.82) is 0 Å². The van der Waals surface area contributed by atoms with Gasteiger partial charge in [-0.2, -0.15) is 0 Å². The highest BCUT2D eigenvalue weighted by Gasteiger charge is 2.04. The Morgan fingerprint density at radius 2 is 2.00 bits per heavy atom. The van der Waals surface area contributed by atoms with Gasteiger partial charge in [0.15, 0.2) is 0 Å². The minimum atomic E-state index is 0.754. The van der Waals surface area contributed by atoms with Crippen LogP contribution in [0.3, 0.4) is 0 Å². The molecule has 1 heterocycles. The van der Waals surface area contributed by atoms with Crippen molar-refractivity contribution in [2.75, 3.05) is 5.32 Å². The molecule has 3 rings (SSSR count). The summed E-state index contributed by atoms with van der Waals surface area (Å²) in [5, 5.41) is 5.38. The molecule has 0 spiro atoms. The van der Waals surface area contributed by atoms with Crippen LogP contribution in [0.2, 0.25) is 5.02 Å². The van der Waals surface area contributed by atoms with E-state index in [1.54, 1.807) is 0 Å². The van der Waals surface area contributed by atoms with Gasteiger partial charge in [-0.05, 0) is 52.4 Å². The Morgan fingerprint density at radius 1 is 1.16 bits per heavy atom. The first-order valence-electron chi connectivity index (χ1n) is 5.98. The monoisotopic (exact) mass is 382 g/mol. The molecule has 4 heteroatoms. The fourth-order valence-electron chi connectivity index (χ4n) is 2.10. The number of rotatable bonds is 3. The van der Waals surface area contributed by atoms with Crippen LogP contribution in [0, 0.1) is 3.57 Å². The quantitative estimate of drug-likeness (QED) is 0.610. The first-order chi connectivity index (χ1) is 9.24. The van der Waals surface area contributed by atoms with E-state index < -0.39 is 0 Å². The van der Waals surface area contributed by atoms with Gasteiger partial charge in [-0.25, -0.2) is 0 Å². The molecule has 1 aromatic heterocycles. The zero-order valence-electron chi connectivity index (χ0n) is 10.1. The van der Waals surface area contributed by atoms with Crippen LogP contribution >= 0.6 is 34.2 Å². The van der Waals surface area contributed by atoms with Crippen molar-refractivity contribution in [1.82, 2.24) is 4.98 Å². The number of hydrogen-bond donors (Lipinski definition) is 2. The smallest absolute Gasteiger partial charge is 0.0648 e. The maximum atomic E-state index is 6.21.